The topological polar surface area (TPSA) is 25.1 Å². The zero-order valence-electron chi connectivity index (χ0n) is 12.0. The van der Waals surface area contributed by atoms with Crippen molar-refractivity contribution < 1.29 is 9.78 Å². The molecule has 0 radical (unpaired) electrons. The van der Waals surface area contributed by atoms with Crippen LogP contribution in [0.1, 0.15) is 61.3 Å². The Balaban J connectivity index is 2.45. The molecule has 0 bridgehead atoms. The molecule has 0 aromatic rings. The summed E-state index contributed by atoms with van der Waals surface area (Å²) in [6, 6.07) is 0. The Morgan fingerprint density at radius 2 is 1.38 bits per heavy atom. The Hall–Kier alpha value is -0.0800. The quantitative estimate of drug-likeness (QED) is 0.526. The standard InChI is InChI=1S/C14H28O2/c1-10(13(2,3)4)8-9-11(12-15-16-12)14(5,6)7/h10-12H,8-9H2,1-7H3. The second-order valence-corrected chi connectivity index (χ2v) is 7.38. The van der Waals surface area contributed by atoms with Gasteiger partial charge >= 0.3 is 0 Å². The van der Waals surface area contributed by atoms with Crippen LogP contribution in [-0.2, 0) is 9.78 Å². The van der Waals surface area contributed by atoms with E-state index >= 15 is 0 Å². The van der Waals surface area contributed by atoms with Crippen LogP contribution >= 0.6 is 0 Å². The molecule has 2 heteroatoms. The molecule has 1 heterocycles. The summed E-state index contributed by atoms with van der Waals surface area (Å²) < 4.78 is 0. The lowest BCUT2D eigenvalue weighted by Crippen LogP contribution is -2.27. The molecule has 2 nitrogen and oxygen atoms in total. The molecule has 2 unspecified atom stereocenters. The van der Waals surface area contributed by atoms with Gasteiger partial charge in [-0.25, -0.2) is 0 Å². The summed E-state index contributed by atoms with van der Waals surface area (Å²) in [7, 11) is 0. The first-order valence-corrected chi connectivity index (χ1v) is 6.44. The summed E-state index contributed by atoms with van der Waals surface area (Å²) in [4.78, 5) is 10.0. The van der Waals surface area contributed by atoms with Gasteiger partial charge < -0.3 is 0 Å². The first-order valence-electron chi connectivity index (χ1n) is 6.44. The third-order valence-electron chi connectivity index (χ3n) is 4.04. The lowest BCUT2D eigenvalue weighted by Gasteiger charge is -2.32. The van der Waals surface area contributed by atoms with Gasteiger partial charge in [-0.2, -0.15) is 9.78 Å². The van der Waals surface area contributed by atoms with E-state index in [-0.39, 0.29) is 11.7 Å². The summed E-state index contributed by atoms with van der Waals surface area (Å²) in [5.74, 6) is 1.24. The van der Waals surface area contributed by atoms with Gasteiger partial charge in [-0.3, -0.25) is 0 Å². The highest BCUT2D eigenvalue weighted by molar-refractivity contribution is 4.81. The third kappa shape index (κ3) is 4.06. The SMILES string of the molecule is CC(CCC(C1OO1)C(C)(C)C)C(C)(C)C. The van der Waals surface area contributed by atoms with Gasteiger partial charge in [0.25, 0.3) is 0 Å². The van der Waals surface area contributed by atoms with Crippen LogP contribution in [-0.4, -0.2) is 6.29 Å². The van der Waals surface area contributed by atoms with Crippen LogP contribution in [0.2, 0.25) is 0 Å². The van der Waals surface area contributed by atoms with Crippen molar-refractivity contribution in [3.05, 3.63) is 0 Å². The Bertz CT molecular complexity index is 218. The normalized spacial score (nSPS) is 21.9. The highest BCUT2D eigenvalue weighted by Gasteiger charge is 2.42. The van der Waals surface area contributed by atoms with Crippen molar-refractivity contribution in [2.24, 2.45) is 22.7 Å². The van der Waals surface area contributed by atoms with E-state index in [1.807, 2.05) is 0 Å². The van der Waals surface area contributed by atoms with Crippen LogP contribution in [0.4, 0.5) is 0 Å². The van der Waals surface area contributed by atoms with E-state index < -0.39 is 0 Å². The molecule has 0 aromatic heterocycles. The zero-order chi connectivity index (χ0) is 12.6. The van der Waals surface area contributed by atoms with Crippen LogP contribution in [0.5, 0.6) is 0 Å². The van der Waals surface area contributed by atoms with Crippen molar-refractivity contribution in [2.45, 2.75) is 67.6 Å². The van der Waals surface area contributed by atoms with Crippen molar-refractivity contribution in [3.8, 4) is 0 Å². The summed E-state index contributed by atoms with van der Waals surface area (Å²) in [6.07, 6.45) is 2.48. The molecule has 0 N–H and O–H groups in total. The van der Waals surface area contributed by atoms with Gasteiger partial charge in [-0.15, -0.1) is 0 Å². The van der Waals surface area contributed by atoms with Crippen LogP contribution in [0.3, 0.4) is 0 Å². The Morgan fingerprint density at radius 3 is 1.69 bits per heavy atom. The predicted octanol–water partition coefficient (Wildman–Crippen LogP) is 4.40. The third-order valence-corrected chi connectivity index (χ3v) is 4.04. The fourth-order valence-electron chi connectivity index (χ4n) is 2.01. The lowest BCUT2D eigenvalue weighted by atomic mass is 9.73. The lowest BCUT2D eigenvalue weighted by molar-refractivity contribution is 0.0850. The van der Waals surface area contributed by atoms with Gasteiger partial charge in [0, 0.05) is 5.92 Å². The molecule has 0 aliphatic carbocycles. The molecule has 1 saturated heterocycles. The maximum Gasteiger partial charge on any atom is 0.227 e. The van der Waals surface area contributed by atoms with Crippen LogP contribution < -0.4 is 0 Å². The fourth-order valence-corrected chi connectivity index (χ4v) is 2.01. The van der Waals surface area contributed by atoms with Crippen LogP contribution in [0.15, 0.2) is 0 Å². The number of rotatable bonds is 4. The minimum absolute atomic E-state index is 0.0483. The Labute approximate surface area is 101 Å². The molecular weight excluding hydrogens is 200 g/mol. The predicted molar refractivity (Wildman–Crippen MR) is 66.8 cm³/mol. The smallest absolute Gasteiger partial charge is 0.198 e. The Kier molecular flexibility index (Phi) is 4.07. The molecule has 1 aliphatic rings. The van der Waals surface area contributed by atoms with Gasteiger partial charge in [-0.1, -0.05) is 48.5 Å². The molecule has 16 heavy (non-hydrogen) atoms. The van der Waals surface area contributed by atoms with Gasteiger partial charge in [0.05, 0.1) is 0 Å². The van der Waals surface area contributed by atoms with E-state index in [9.17, 15) is 0 Å². The second kappa shape index (κ2) is 4.66. The van der Waals surface area contributed by atoms with Gasteiger partial charge in [0.1, 0.15) is 0 Å². The molecule has 0 amide bonds. The minimum Gasteiger partial charge on any atom is -0.198 e. The molecule has 1 aliphatic heterocycles. The van der Waals surface area contributed by atoms with E-state index in [1.165, 1.54) is 12.8 Å². The summed E-state index contributed by atoms with van der Waals surface area (Å²) in [5.41, 5.74) is 0.659. The molecule has 0 spiro atoms. The molecular formula is C14H28O2. The van der Waals surface area contributed by atoms with Crippen molar-refractivity contribution in [2.75, 3.05) is 0 Å². The number of hydrogen-bond donors (Lipinski definition) is 0. The molecule has 1 fully saturated rings. The maximum atomic E-state index is 5.02. The monoisotopic (exact) mass is 228 g/mol. The highest BCUT2D eigenvalue weighted by atomic mass is 17.4. The van der Waals surface area contributed by atoms with Crippen molar-refractivity contribution >= 4 is 0 Å². The molecule has 1 rings (SSSR count). The first-order chi connectivity index (χ1) is 7.12. The van der Waals surface area contributed by atoms with Gasteiger partial charge in [0.2, 0.25) is 6.29 Å². The maximum absolute atomic E-state index is 5.02. The van der Waals surface area contributed by atoms with Crippen molar-refractivity contribution in [1.82, 2.24) is 0 Å². The summed E-state index contributed by atoms with van der Waals surface area (Å²) in [6.45, 7) is 16.1. The fraction of sp³-hybridized carbons (Fsp3) is 1.00. The number of hydrogen-bond acceptors (Lipinski definition) is 2. The first kappa shape index (κ1) is 14.0. The molecule has 2 atom stereocenters. The van der Waals surface area contributed by atoms with E-state index in [0.717, 1.165) is 5.92 Å². The van der Waals surface area contributed by atoms with Gasteiger partial charge in [-0.05, 0) is 29.6 Å². The average Bonchev–Trinajstić information content (AvgIpc) is 2.83. The van der Waals surface area contributed by atoms with Crippen LogP contribution in [0, 0.1) is 22.7 Å². The van der Waals surface area contributed by atoms with E-state index in [2.05, 4.69) is 48.5 Å². The Morgan fingerprint density at radius 1 is 0.875 bits per heavy atom. The van der Waals surface area contributed by atoms with E-state index in [4.69, 9.17) is 9.78 Å². The highest BCUT2D eigenvalue weighted by Crippen LogP contribution is 2.41. The van der Waals surface area contributed by atoms with Gasteiger partial charge in [0.15, 0.2) is 0 Å². The summed E-state index contributed by atoms with van der Waals surface area (Å²) in [5, 5.41) is 0. The minimum atomic E-state index is 0.0483. The average molecular weight is 228 g/mol. The zero-order valence-corrected chi connectivity index (χ0v) is 12.0. The second-order valence-electron chi connectivity index (χ2n) is 7.38. The molecule has 0 saturated carbocycles. The molecule has 96 valence electrons. The van der Waals surface area contributed by atoms with Crippen LogP contribution in [0.25, 0.3) is 0 Å². The largest absolute Gasteiger partial charge is 0.227 e. The molecule has 0 aromatic carbocycles. The van der Waals surface area contributed by atoms with E-state index in [1.54, 1.807) is 0 Å². The van der Waals surface area contributed by atoms with Crippen molar-refractivity contribution in [1.29, 1.82) is 0 Å². The van der Waals surface area contributed by atoms with E-state index in [0.29, 0.717) is 11.3 Å². The summed E-state index contributed by atoms with van der Waals surface area (Å²) >= 11 is 0. The van der Waals surface area contributed by atoms with Crippen molar-refractivity contribution in [3.63, 3.8) is 0 Å².